The van der Waals surface area contributed by atoms with Crippen LogP contribution >= 0.6 is 0 Å². The second-order valence-electron chi connectivity index (χ2n) is 6.21. The van der Waals surface area contributed by atoms with Crippen molar-refractivity contribution in [3.63, 3.8) is 0 Å². The Kier molecular flexibility index (Phi) is 7.24. The molecule has 20 heavy (non-hydrogen) atoms. The van der Waals surface area contributed by atoms with Crippen molar-refractivity contribution in [2.24, 2.45) is 11.8 Å². The number of rotatable bonds is 7. The van der Waals surface area contributed by atoms with Crippen molar-refractivity contribution in [3.05, 3.63) is 0 Å². The van der Waals surface area contributed by atoms with Crippen LogP contribution in [0.1, 0.15) is 25.7 Å². The zero-order valence-electron chi connectivity index (χ0n) is 12.5. The molecule has 0 aromatic carbocycles. The van der Waals surface area contributed by atoms with Gasteiger partial charge in [0.2, 0.25) is 0 Å². The third-order valence-corrected chi connectivity index (χ3v) is 4.66. The maximum atomic E-state index is 10.1. The molecule has 2 aliphatic rings. The highest BCUT2D eigenvalue weighted by atomic mass is 16.5. The summed E-state index contributed by atoms with van der Waals surface area (Å²) >= 11 is 0. The molecule has 118 valence electrons. The van der Waals surface area contributed by atoms with E-state index in [0.29, 0.717) is 25.0 Å². The second-order valence-corrected chi connectivity index (χ2v) is 6.21. The van der Waals surface area contributed by atoms with Crippen LogP contribution in [0.5, 0.6) is 0 Å². The standard InChI is InChI=1S/C15H30N2O3/c18-12-14-4-2-1-3-13(14)9-16-10-15(19)11-17-5-7-20-8-6-17/h13-16,18-19H,1-12H2. The number of nitrogens with one attached hydrogen (secondary N) is 1. The van der Waals surface area contributed by atoms with Crippen LogP contribution in [0.3, 0.4) is 0 Å². The van der Waals surface area contributed by atoms with Crippen molar-refractivity contribution in [1.29, 1.82) is 0 Å². The van der Waals surface area contributed by atoms with E-state index in [4.69, 9.17) is 4.74 Å². The summed E-state index contributed by atoms with van der Waals surface area (Å²) in [5.74, 6) is 1.02. The molecule has 0 spiro atoms. The summed E-state index contributed by atoms with van der Waals surface area (Å²) in [6.45, 7) is 6.00. The molecule has 1 heterocycles. The van der Waals surface area contributed by atoms with Crippen molar-refractivity contribution >= 4 is 0 Å². The molecule has 2 rings (SSSR count). The molecule has 1 aliphatic heterocycles. The number of aliphatic hydroxyl groups is 2. The highest BCUT2D eigenvalue weighted by Gasteiger charge is 2.24. The van der Waals surface area contributed by atoms with E-state index in [9.17, 15) is 10.2 Å². The highest BCUT2D eigenvalue weighted by molar-refractivity contribution is 4.77. The molecule has 0 radical (unpaired) electrons. The molecule has 1 saturated heterocycles. The molecule has 1 saturated carbocycles. The molecule has 0 aromatic heterocycles. The zero-order valence-corrected chi connectivity index (χ0v) is 12.5. The SMILES string of the molecule is OCC1CCCCC1CNCC(O)CN1CCOCC1. The number of ether oxygens (including phenoxy) is 1. The fraction of sp³-hybridized carbons (Fsp3) is 1.00. The van der Waals surface area contributed by atoms with Crippen LogP contribution in [-0.4, -0.2) is 73.8 Å². The first-order valence-electron chi connectivity index (χ1n) is 8.09. The highest BCUT2D eigenvalue weighted by Crippen LogP contribution is 2.28. The van der Waals surface area contributed by atoms with Crippen LogP contribution < -0.4 is 5.32 Å². The Bertz CT molecular complexity index is 260. The number of morpholine rings is 1. The predicted octanol–water partition coefficient (Wildman–Crippen LogP) is 0.0678. The normalized spacial score (nSPS) is 30.3. The van der Waals surface area contributed by atoms with E-state index in [1.165, 1.54) is 19.3 Å². The van der Waals surface area contributed by atoms with E-state index in [2.05, 4.69) is 10.2 Å². The molecule has 2 fully saturated rings. The molecule has 0 amide bonds. The van der Waals surface area contributed by atoms with Crippen molar-refractivity contribution in [2.75, 3.05) is 52.5 Å². The average Bonchev–Trinajstić information content (AvgIpc) is 2.49. The Morgan fingerprint density at radius 2 is 1.85 bits per heavy atom. The molecule has 3 N–H and O–H groups in total. The minimum absolute atomic E-state index is 0.308. The summed E-state index contributed by atoms with van der Waals surface area (Å²) in [6.07, 6.45) is 4.57. The Morgan fingerprint density at radius 1 is 1.15 bits per heavy atom. The summed E-state index contributed by atoms with van der Waals surface area (Å²) in [4.78, 5) is 2.26. The van der Waals surface area contributed by atoms with Gasteiger partial charge in [-0.05, 0) is 31.2 Å². The molecular formula is C15H30N2O3. The molecule has 3 atom stereocenters. The van der Waals surface area contributed by atoms with E-state index in [1.807, 2.05) is 0 Å². The van der Waals surface area contributed by atoms with Crippen molar-refractivity contribution in [3.8, 4) is 0 Å². The minimum Gasteiger partial charge on any atom is -0.396 e. The van der Waals surface area contributed by atoms with Gasteiger partial charge in [-0.15, -0.1) is 0 Å². The fourth-order valence-corrected chi connectivity index (χ4v) is 3.38. The molecule has 5 nitrogen and oxygen atoms in total. The monoisotopic (exact) mass is 286 g/mol. The van der Waals surface area contributed by atoms with Crippen molar-refractivity contribution in [1.82, 2.24) is 10.2 Å². The summed E-state index contributed by atoms with van der Waals surface area (Å²) in [5.41, 5.74) is 0. The topological polar surface area (TPSA) is 65.0 Å². The summed E-state index contributed by atoms with van der Waals surface area (Å²) in [7, 11) is 0. The van der Waals surface area contributed by atoms with Crippen molar-refractivity contribution in [2.45, 2.75) is 31.8 Å². The quantitative estimate of drug-likeness (QED) is 0.618. The first-order valence-corrected chi connectivity index (χ1v) is 8.09. The predicted molar refractivity (Wildman–Crippen MR) is 78.7 cm³/mol. The maximum absolute atomic E-state index is 10.1. The lowest BCUT2D eigenvalue weighted by molar-refractivity contribution is 0.0145. The number of aliphatic hydroxyl groups excluding tert-OH is 2. The average molecular weight is 286 g/mol. The summed E-state index contributed by atoms with van der Waals surface area (Å²) in [5, 5.41) is 22.8. The molecular weight excluding hydrogens is 256 g/mol. The Balaban J connectivity index is 1.59. The molecule has 5 heteroatoms. The van der Waals surface area contributed by atoms with Crippen LogP contribution in [0.2, 0.25) is 0 Å². The lowest BCUT2D eigenvalue weighted by Gasteiger charge is -2.31. The Hall–Kier alpha value is -0.200. The first-order chi connectivity index (χ1) is 9.79. The number of hydrogen-bond acceptors (Lipinski definition) is 5. The Labute approximate surface area is 122 Å². The van der Waals surface area contributed by atoms with Gasteiger partial charge >= 0.3 is 0 Å². The maximum Gasteiger partial charge on any atom is 0.0791 e. The van der Waals surface area contributed by atoms with Gasteiger partial charge in [-0.2, -0.15) is 0 Å². The van der Waals surface area contributed by atoms with Gasteiger partial charge in [0.1, 0.15) is 0 Å². The lowest BCUT2D eigenvalue weighted by atomic mass is 9.79. The van der Waals surface area contributed by atoms with Gasteiger partial charge in [-0.1, -0.05) is 12.8 Å². The van der Waals surface area contributed by atoms with Gasteiger partial charge in [-0.25, -0.2) is 0 Å². The third kappa shape index (κ3) is 5.30. The van der Waals surface area contributed by atoms with Crippen LogP contribution in [0.4, 0.5) is 0 Å². The zero-order chi connectivity index (χ0) is 14.2. The molecule has 0 bridgehead atoms. The van der Waals surface area contributed by atoms with Gasteiger partial charge in [-0.3, -0.25) is 4.90 Å². The number of hydrogen-bond donors (Lipinski definition) is 3. The van der Waals surface area contributed by atoms with Gasteiger partial charge < -0.3 is 20.3 Å². The van der Waals surface area contributed by atoms with Crippen LogP contribution in [-0.2, 0) is 4.74 Å². The number of β-amino-alcohol motifs (C(OH)–C–C–N with tert-alkyl or cyclic N) is 1. The van der Waals surface area contributed by atoms with Crippen LogP contribution in [0.15, 0.2) is 0 Å². The van der Waals surface area contributed by atoms with E-state index < -0.39 is 0 Å². The van der Waals surface area contributed by atoms with Gasteiger partial charge in [0.15, 0.2) is 0 Å². The first kappa shape index (κ1) is 16.2. The van der Waals surface area contributed by atoms with Gasteiger partial charge in [0.05, 0.1) is 19.3 Å². The molecule has 1 aliphatic carbocycles. The second kappa shape index (κ2) is 8.95. The largest absolute Gasteiger partial charge is 0.396 e. The number of nitrogens with zero attached hydrogens (tertiary/aromatic N) is 1. The fourth-order valence-electron chi connectivity index (χ4n) is 3.38. The van der Waals surface area contributed by atoms with Gasteiger partial charge in [0, 0.05) is 32.8 Å². The van der Waals surface area contributed by atoms with E-state index in [1.54, 1.807) is 0 Å². The molecule has 0 aromatic rings. The lowest BCUT2D eigenvalue weighted by Crippen LogP contribution is -2.44. The van der Waals surface area contributed by atoms with Crippen LogP contribution in [0.25, 0.3) is 0 Å². The minimum atomic E-state index is -0.315. The van der Waals surface area contributed by atoms with E-state index in [0.717, 1.165) is 45.8 Å². The van der Waals surface area contributed by atoms with E-state index in [-0.39, 0.29) is 6.10 Å². The van der Waals surface area contributed by atoms with E-state index >= 15 is 0 Å². The molecule has 3 unspecified atom stereocenters. The smallest absolute Gasteiger partial charge is 0.0791 e. The summed E-state index contributed by atoms with van der Waals surface area (Å²) < 4.78 is 5.30. The van der Waals surface area contributed by atoms with Crippen molar-refractivity contribution < 1.29 is 14.9 Å². The Morgan fingerprint density at radius 3 is 2.55 bits per heavy atom. The van der Waals surface area contributed by atoms with Crippen LogP contribution in [0, 0.1) is 11.8 Å². The van der Waals surface area contributed by atoms with Gasteiger partial charge in [0.25, 0.3) is 0 Å². The third-order valence-electron chi connectivity index (χ3n) is 4.66. The summed E-state index contributed by atoms with van der Waals surface area (Å²) in [6, 6.07) is 0.